The quantitative estimate of drug-likeness (QED) is 0.513. The maximum Gasteiger partial charge on any atom is 0.167 e. The van der Waals surface area contributed by atoms with Gasteiger partial charge in [0.05, 0.1) is 13.2 Å². The van der Waals surface area contributed by atoms with Gasteiger partial charge in [-0.1, -0.05) is 0 Å². The zero-order chi connectivity index (χ0) is 6.69. The van der Waals surface area contributed by atoms with Gasteiger partial charge in [-0.25, -0.2) is 13.7 Å². The number of rotatable bonds is 1. The molecule has 0 amide bonds. The third kappa shape index (κ3) is 2.02. The third-order valence-electron chi connectivity index (χ3n) is 1.22. The Morgan fingerprint density at radius 3 is 2.33 bits per heavy atom. The first-order valence-corrected chi connectivity index (χ1v) is 3.96. The molecular weight excluding hydrogens is 140 g/mol. The van der Waals surface area contributed by atoms with Crippen LogP contribution in [0, 0.1) is 0 Å². The smallest absolute Gasteiger partial charge is 0.167 e. The summed E-state index contributed by atoms with van der Waals surface area (Å²) in [5.74, 6) is 0. The summed E-state index contributed by atoms with van der Waals surface area (Å²) >= 11 is -1.30. The number of ether oxygens (including phenoxy) is 1. The van der Waals surface area contributed by atoms with Gasteiger partial charge >= 0.3 is 0 Å². The molecule has 9 heavy (non-hydrogen) atoms. The van der Waals surface area contributed by atoms with Gasteiger partial charge < -0.3 is 4.74 Å². The average Bonchev–Trinajstić information content (AvgIpc) is 1.90. The van der Waals surface area contributed by atoms with Crippen LogP contribution in [0.25, 0.3) is 0 Å². The minimum atomic E-state index is -1.30. The average molecular weight is 150 g/mol. The molecule has 0 saturated carbocycles. The number of morpholine rings is 1. The summed E-state index contributed by atoms with van der Waals surface area (Å²) < 4.78 is 17.3. The molecule has 0 aliphatic carbocycles. The number of hydrogen-bond donors (Lipinski definition) is 1. The number of nitrogens with two attached hydrogens (primary N) is 1. The normalized spacial score (nSPS) is 25.9. The highest BCUT2D eigenvalue weighted by Gasteiger charge is 2.12. The van der Waals surface area contributed by atoms with Gasteiger partial charge in [-0.05, 0) is 0 Å². The molecule has 1 unspecified atom stereocenters. The number of hydrogen-bond acceptors (Lipinski definition) is 2. The summed E-state index contributed by atoms with van der Waals surface area (Å²) in [5, 5.41) is 5.11. The molecule has 4 nitrogen and oxygen atoms in total. The Morgan fingerprint density at radius 2 is 2.00 bits per heavy atom. The molecule has 2 N–H and O–H groups in total. The standard InChI is InChI=1S/C4H10N2O2S/c5-9(7)6-1-3-8-4-2-6/h1-5H2. The second-order valence-corrected chi connectivity index (χ2v) is 2.89. The van der Waals surface area contributed by atoms with Crippen LogP contribution < -0.4 is 5.14 Å². The van der Waals surface area contributed by atoms with Gasteiger partial charge in [-0.2, -0.15) is 0 Å². The van der Waals surface area contributed by atoms with Gasteiger partial charge in [0.2, 0.25) is 0 Å². The van der Waals surface area contributed by atoms with Crippen molar-refractivity contribution in [3.63, 3.8) is 0 Å². The fourth-order valence-electron chi connectivity index (χ4n) is 0.727. The third-order valence-corrected chi connectivity index (χ3v) is 2.10. The van der Waals surface area contributed by atoms with Crippen LogP contribution in [0.15, 0.2) is 0 Å². The fraction of sp³-hybridized carbons (Fsp3) is 1.00. The maximum atomic E-state index is 10.6. The summed E-state index contributed by atoms with van der Waals surface area (Å²) in [5.41, 5.74) is 0. The molecule has 1 fully saturated rings. The molecule has 5 heteroatoms. The molecule has 0 spiro atoms. The second kappa shape index (κ2) is 3.26. The van der Waals surface area contributed by atoms with Crippen molar-refractivity contribution in [3.05, 3.63) is 0 Å². The van der Waals surface area contributed by atoms with E-state index in [1.54, 1.807) is 4.31 Å². The van der Waals surface area contributed by atoms with E-state index in [9.17, 15) is 4.21 Å². The lowest BCUT2D eigenvalue weighted by molar-refractivity contribution is 0.0752. The highest BCUT2D eigenvalue weighted by Crippen LogP contribution is 1.95. The van der Waals surface area contributed by atoms with E-state index in [0.29, 0.717) is 26.3 Å². The summed E-state index contributed by atoms with van der Waals surface area (Å²) in [6.45, 7) is 2.65. The van der Waals surface area contributed by atoms with E-state index in [4.69, 9.17) is 9.88 Å². The van der Waals surface area contributed by atoms with Crippen LogP contribution in [0.4, 0.5) is 0 Å². The van der Waals surface area contributed by atoms with Crippen molar-refractivity contribution in [3.8, 4) is 0 Å². The van der Waals surface area contributed by atoms with Crippen molar-refractivity contribution >= 4 is 11.2 Å². The predicted octanol–water partition coefficient (Wildman–Crippen LogP) is -1.14. The Labute approximate surface area is 56.7 Å². The minimum Gasteiger partial charge on any atom is -0.379 e. The van der Waals surface area contributed by atoms with Gasteiger partial charge in [0.1, 0.15) is 0 Å². The molecule has 1 aliphatic heterocycles. The van der Waals surface area contributed by atoms with Crippen LogP contribution in [0.5, 0.6) is 0 Å². The van der Waals surface area contributed by atoms with E-state index in [0.717, 1.165) is 0 Å². The molecule has 54 valence electrons. The van der Waals surface area contributed by atoms with Crippen LogP contribution in [0.1, 0.15) is 0 Å². The van der Waals surface area contributed by atoms with E-state index in [1.807, 2.05) is 0 Å². The SMILES string of the molecule is NS(=O)N1CCOCC1. The van der Waals surface area contributed by atoms with Crippen molar-refractivity contribution in [2.45, 2.75) is 0 Å². The monoisotopic (exact) mass is 150 g/mol. The van der Waals surface area contributed by atoms with Crippen LogP contribution >= 0.6 is 0 Å². The van der Waals surface area contributed by atoms with Gasteiger partial charge in [-0.15, -0.1) is 0 Å². The highest BCUT2D eigenvalue weighted by molar-refractivity contribution is 7.80. The first kappa shape index (κ1) is 7.14. The number of nitrogens with zero attached hydrogens (tertiary/aromatic N) is 1. The lowest BCUT2D eigenvalue weighted by Gasteiger charge is -2.22. The fourth-order valence-corrected chi connectivity index (χ4v) is 1.24. The molecule has 0 aromatic heterocycles. The van der Waals surface area contributed by atoms with Crippen molar-refractivity contribution in [2.24, 2.45) is 5.14 Å². The van der Waals surface area contributed by atoms with Gasteiger partial charge in [0.15, 0.2) is 11.2 Å². The Morgan fingerprint density at radius 1 is 1.44 bits per heavy atom. The van der Waals surface area contributed by atoms with Crippen molar-refractivity contribution in [1.29, 1.82) is 0 Å². The predicted molar refractivity (Wildman–Crippen MR) is 34.7 cm³/mol. The minimum absolute atomic E-state index is 0.642. The lowest BCUT2D eigenvalue weighted by atomic mass is 10.5. The second-order valence-electron chi connectivity index (χ2n) is 1.82. The Bertz CT molecular complexity index is 113. The van der Waals surface area contributed by atoms with E-state index >= 15 is 0 Å². The molecule has 0 radical (unpaired) electrons. The first-order valence-electron chi connectivity index (χ1n) is 2.79. The molecule has 0 aromatic carbocycles. The molecule has 0 aromatic rings. The molecule has 0 bridgehead atoms. The maximum absolute atomic E-state index is 10.6. The van der Waals surface area contributed by atoms with Gasteiger partial charge in [0, 0.05) is 13.1 Å². The molecule has 1 rings (SSSR count). The zero-order valence-corrected chi connectivity index (χ0v) is 5.89. The van der Waals surface area contributed by atoms with E-state index in [2.05, 4.69) is 0 Å². The molecular formula is C4H10N2O2S. The first-order chi connectivity index (χ1) is 4.30. The van der Waals surface area contributed by atoms with Crippen LogP contribution in [-0.2, 0) is 15.9 Å². The molecule has 1 heterocycles. The van der Waals surface area contributed by atoms with Gasteiger partial charge in [0.25, 0.3) is 0 Å². The summed E-state index contributed by atoms with van der Waals surface area (Å²) in [6.07, 6.45) is 0. The zero-order valence-electron chi connectivity index (χ0n) is 5.08. The van der Waals surface area contributed by atoms with Crippen LogP contribution in [-0.4, -0.2) is 34.8 Å². The summed E-state index contributed by atoms with van der Waals surface area (Å²) in [4.78, 5) is 0. The Hall–Kier alpha value is 0.0300. The van der Waals surface area contributed by atoms with Crippen LogP contribution in [0.3, 0.4) is 0 Å². The Kier molecular flexibility index (Phi) is 2.59. The highest BCUT2D eigenvalue weighted by atomic mass is 32.2. The van der Waals surface area contributed by atoms with E-state index in [1.165, 1.54) is 0 Å². The largest absolute Gasteiger partial charge is 0.379 e. The van der Waals surface area contributed by atoms with Crippen molar-refractivity contribution in [2.75, 3.05) is 26.3 Å². The molecule has 1 aliphatic rings. The van der Waals surface area contributed by atoms with Crippen LogP contribution in [0.2, 0.25) is 0 Å². The summed E-state index contributed by atoms with van der Waals surface area (Å²) in [7, 11) is 0. The molecule has 1 saturated heterocycles. The topological polar surface area (TPSA) is 55.6 Å². The van der Waals surface area contributed by atoms with Crippen molar-refractivity contribution < 1.29 is 8.95 Å². The Balaban J connectivity index is 2.31. The molecule has 1 atom stereocenters. The van der Waals surface area contributed by atoms with Crippen molar-refractivity contribution in [1.82, 2.24) is 4.31 Å². The lowest BCUT2D eigenvalue weighted by Crippen LogP contribution is -2.40. The van der Waals surface area contributed by atoms with Gasteiger partial charge in [-0.3, -0.25) is 0 Å². The van der Waals surface area contributed by atoms with E-state index < -0.39 is 11.2 Å². The van der Waals surface area contributed by atoms with E-state index in [-0.39, 0.29) is 0 Å². The summed E-state index contributed by atoms with van der Waals surface area (Å²) in [6, 6.07) is 0.